The van der Waals surface area contributed by atoms with Crippen molar-refractivity contribution in [3.63, 3.8) is 0 Å². The molecular formula is C45H42N12OS. The van der Waals surface area contributed by atoms with E-state index < -0.39 is 0 Å². The number of furan rings is 1. The summed E-state index contributed by atoms with van der Waals surface area (Å²) in [6.45, 7) is 7.80. The highest BCUT2D eigenvalue weighted by Gasteiger charge is 2.17. The van der Waals surface area contributed by atoms with Gasteiger partial charge in [-0.2, -0.15) is 0 Å². The summed E-state index contributed by atoms with van der Waals surface area (Å²) in [7, 11) is 2.12. The molecule has 0 fully saturated rings. The van der Waals surface area contributed by atoms with Crippen molar-refractivity contribution in [1.82, 2.24) is 45.1 Å². The SMILES string of the molecule is Cc1nc(NCCCN(C)c2ccccc2)cc(-c2cc(Cc3nc(NC(C)c4cccc(-n5cnnn5)c4)cc(-c4ccc5occ(C)c5c4)n3)c3ncsc3c2)n1. The van der Waals surface area contributed by atoms with E-state index >= 15 is 0 Å². The standard InChI is InChI=1S/C45H42N12OS/c1-28-25-58-40-15-14-32(20-37(28)40)38-24-44(49-29(2)31-10-8-13-36(19-31)57-26-48-54-55-57)53-43(52-38)22-34-18-33(21-41-45(34)47-27-59-41)39-23-42(51-30(3)50-39)46-16-9-17-56(4)35-11-6-5-7-12-35/h5-8,10-15,18-21,23-27,29H,9,16-17,22H2,1-4H3,(H,46,50,51)(H,49,52,53). The molecule has 0 saturated heterocycles. The van der Waals surface area contributed by atoms with Crippen molar-refractivity contribution in [1.29, 1.82) is 0 Å². The van der Waals surface area contributed by atoms with Crippen LogP contribution in [0.5, 0.6) is 0 Å². The molecule has 14 heteroatoms. The number of para-hydroxylation sites is 1. The number of hydrogen-bond acceptors (Lipinski definition) is 13. The van der Waals surface area contributed by atoms with E-state index in [1.54, 1.807) is 28.6 Å². The Morgan fingerprint density at radius 1 is 0.847 bits per heavy atom. The van der Waals surface area contributed by atoms with Gasteiger partial charge in [-0.1, -0.05) is 30.3 Å². The third kappa shape index (κ3) is 8.34. The number of aryl methyl sites for hydroxylation is 2. The lowest BCUT2D eigenvalue weighted by Gasteiger charge is -2.19. The van der Waals surface area contributed by atoms with E-state index in [1.807, 2.05) is 54.9 Å². The van der Waals surface area contributed by atoms with E-state index in [4.69, 9.17) is 29.3 Å². The molecule has 1 atom stereocenters. The molecule has 0 aliphatic carbocycles. The second-order valence-corrected chi connectivity index (χ2v) is 15.5. The second-order valence-electron chi connectivity index (χ2n) is 14.6. The molecule has 0 aliphatic rings. The molecule has 0 bridgehead atoms. The maximum atomic E-state index is 5.77. The molecule has 0 saturated carbocycles. The minimum Gasteiger partial charge on any atom is -0.464 e. The highest BCUT2D eigenvalue weighted by Crippen LogP contribution is 2.33. The molecule has 0 aliphatic heterocycles. The first kappa shape index (κ1) is 37.5. The molecule has 9 aromatic rings. The molecule has 9 rings (SSSR count). The largest absolute Gasteiger partial charge is 0.464 e. The van der Waals surface area contributed by atoms with Crippen LogP contribution in [0.25, 0.3) is 49.4 Å². The number of nitrogens with one attached hydrogen (secondary N) is 2. The predicted molar refractivity (Wildman–Crippen MR) is 234 cm³/mol. The van der Waals surface area contributed by atoms with Crippen molar-refractivity contribution in [3.05, 3.63) is 144 Å². The molecule has 5 heterocycles. The topological polar surface area (TPSA) is 148 Å². The van der Waals surface area contributed by atoms with Crippen molar-refractivity contribution < 1.29 is 4.42 Å². The zero-order valence-electron chi connectivity index (χ0n) is 33.2. The fraction of sp³-hybridized carbons (Fsp3) is 0.200. The molecule has 0 spiro atoms. The van der Waals surface area contributed by atoms with Gasteiger partial charge in [0.1, 0.15) is 35.2 Å². The summed E-state index contributed by atoms with van der Waals surface area (Å²) in [6, 6.07) is 33.0. The van der Waals surface area contributed by atoms with Gasteiger partial charge in [0, 0.05) is 60.9 Å². The van der Waals surface area contributed by atoms with E-state index in [0.717, 1.165) is 91.4 Å². The molecule has 0 amide bonds. The quantitative estimate of drug-likeness (QED) is 0.101. The number of anilines is 3. The van der Waals surface area contributed by atoms with Crippen LogP contribution in [-0.4, -0.2) is 65.3 Å². The Morgan fingerprint density at radius 3 is 2.58 bits per heavy atom. The van der Waals surface area contributed by atoms with E-state index in [2.05, 4.69) is 107 Å². The third-order valence-electron chi connectivity index (χ3n) is 10.4. The third-order valence-corrected chi connectivity index (χ3v) is 11.1. The van der Waals surface area contributed by atoms with Gasteiger partial charge in [0.2, 0.25) is 0 Å². The highest BCUT2D eigenvalue weighted by molar-refractivity contribution is 7.16. The fourth-order valence-corrected chi connectivity index (χ4v) is 8.04. The fourth-order valence-electron chi connectivity index (χ4n) is 7.28. The lowest BCUT2D eigenvalue weighted by atomic mass is 10.0. The van der Waals surface area contributed by atoms with Crippen molar-refractivity contribution >= 4 is 49.8 Å². The summed E-state index contributed by atoms with van der Waals surface area (Å²) in [5, 5.41) is 19.9. The van der Waals surface area contributed by atoms with Crippen LogP contribution in [0, 0.1) is 13.8 Å². The molecule has 2 N–H and O–H groups in total. The average molecular weight is 799 g/mol. The van der Waals surface area contributed by atoms with Crippen LogP contribution in [0.4, 0.5) is 17.3 Å². The molecule has 0 radical (unpaired) electrons. The van der Waals surface area contributed by atoms with Gasteiger partial charge >= 0.3 is 0 Å². The summed E-state index contributed by atoms with van der Waals surface area (Å²) >= 11 is 1.61. The van der Waals surface area contributed by atoms with Crippen LogP contribution in [0.15, 0.2) is 120 Å². The number of tetrazole rings is 1. The van der Waals surface area contributed by atoms with Gasteiger partial charge in [-0.05, 0) is 109 Å². The Hall–Kier alpha value is -7.06. The van der Waals surface area contributed by atoms with Crippen LogP contribution < -0.4 is 15.5 Å². The van der Waals surface area contributed by atoms with Gasteiger partial charge < -0.3 is 20.0 Å². The lowest BCUT2D eigenvalue weighted by molar-refractivity contribution is 0.613. The Morgan fingerprint density at radius 2 is 1.71 bits per heavy atom. The molecule has 59 heavy (non-hydrogen) atoms. The van der Waals surface area contributed by atoms with Gasteiger partial charge in [-0.3, -0.25) is 0 Å². The Bertz CT molecular complexity index is 2870. The van der Waals surface area contributed by atoms with Crippen LogP contribution >= 0.6 is 11.3 Å². The maximum Gasteiger partial charge on any atom is 0.143 e. The van der Waals surface area contributed by atoms with Gasteiger partial charge in [0.25, 0.3) is 0 Å². The molecule has 1 unspecified atom stereocenters. The van der Waals surface area contributed by atoms with Crippen LogP contribution in [0.1, 0.15) is 47.7 Å². The number of rotatable bonds is 14. The first-order valence-corrected chi connectivity index (χ1v) is 20.4. The average Bonchev–Trinajstić information content (AvgIpc) is 4.05. The molecular weight excluding hydrogens is 757 g/mol. The number of hydrogen-bond donors (Lipinski definition) is 2. The Balaban J connectivity index is 1.02. The van der Waals surface area contributed by atoms with Gasteiger partial charge in [0.15, 0.2) is 0 Å². The molecule has 13 nitrogen and oxygen atoms in total. The minimum absolute atomic E-state index is 0.0946. The molecule has 5 aromatic heterocycles. The number of nitrogens with zero attached hydrogens (tertiary/aromatic N) is 10. The Labute approximate surface area is 345 Å². The Kier molecular flexibility index (Phi) is 10.4. The molecule has 4 aromatic carbocycles. The second kappa shape index (κ2) is 16.4. The normalized spacial score (nSPS) is 11.9. The summed E-state index contributed by atoms with van der Waals surface area (Å²) in [6.07, 6.45) is 4.78. The van der Waals surface area contributed by atoms with Crippen molar-refractivity contribution in [2.75, 3.05) is 35.7 Å². The summed E-state index contributed by atoms with van der Waals surface area (Å²) in [4.78, 5) is 27.0. The van der Waals surface area contributed by atoms with Crippen molar-refractivity contribution in [2.45, 2.75) is 39.7 Å². The first-order valence-electron chi connectivity index (χ1n) is 19.5. The number of thiazole rings is 1. The minimum atomic E-state index is -0.0946. The summed E-state index contributed by atoms with van der Waals surface area (Å²) in [5.74, 6) is 2.87. The number of fused-ring (bicyclic) bond motifs is 2. The van der Waals surface area contributed by atoms with Crippen LogP contribution in [-0.2, 0) is 6.42 Å². The van der Waals surface area contributed by atoms with Crippen LogP contribution in [0.3, 0.4) is 0 Å². The number of benzene rings is 4. The predicted octanol–water partition coefficient (Wildman–Crippen LogP) is 9.25. The van der Waals surface area contributed by atoms with E-state index in [9.17, 15) is 0 Å². The van der Waals surface area contributed by atoms with Gasteiger partial charge in [-0.25, -0.2) is 29.6 Å². The summed E-state index contributed by atoms with van der Waals surface area (Å²) < 4.78 is 8.48. The maximum absolute atomic E-state index is 5.77. The van der Waals surface area contributed by atoms with Crippen LogP contribution in [0.2, 0.25) is 0 Å². The first-order chi connectivity index (χ1) is 28.8. The number of aromatic nitrogens is 9. The van der Waals surface area contributed by atoms with E-state index in [0.29, 0.717) is 23.9 Å². The van der Waals surface area contributed by atoms with E-state index in [-0.39, 0.29) is 6.04 Å². The van der Waals surface area contributed by atoms with E-state index in [1.165, 1.54) is 5.69 Å². The monoisotopic (exact) mass is 798 g/mol. The smallest absolute Gasteiger partial charge is 0.143 e. The van der Waals surface area contributed by atoms with Crippen molar-refractivity contribution in [2.24, 2.45) is 0 Å². The highest BCUT2D eigenvalue weighted by atomic mass is 32.1. The molecule has 294 valence electrons. The van der Waals surface area contributed by atoms with Gasteiger partial charge in [0.05, 0.1) is 45.1 Å². The van der Waals surface area contributed by atoms with Gasteiger partial charge in [-0.15, -0.1) is 16.4 Å². The summed E-state index contributed by atoms with van der Waals surface area (Å²) in [5.41, 5.74) is 12.5. The van der Waals surface area contributed by atoms with Crippen molar-refractivity contribution in [3.8, 4) is 28.2 Å². The lowest BCUT2D eigenvalue weighted by Crippen LogP contribution is -2.20. The zero-order chi connectivity index (χ0) is 40.3. The zero-order valence-corrected chi connectivity index (χ0v) is 34.0.